The van der Waals surface area contributed by atoms with E-state index in [9.17, 15) is 4.79 Å². The number of ether oxygens (including phenoxy) is 1. The van der Waals surface area contributed by atoms with E-state index in [0.29, 0.717) is 11.7 Å². The summed E-state index contributed by atoms with van der Waals surface area (Å²) in [5.41, 5.74) is 5.44. The number of nitrogens with zero attached hydrogens (tertiary/aromatic N) is 1. The number of esters is 1. The predicted octanol–water partition coefficient (Wildman–Crippen LogP) is 0.702. The molecule has 59 valence electrons. The van der Waals surface area contributed by atoms with Gasteiger partial charge in [-0.1, -0.05) is 11.3 Å². The summed E-state index contributed by atoms with van der Waals surface area (Å²) < 4.78 is 4.66. The minimum absolute atomic E-state index is 0.161. The summed E-state index contributed by atoms with van der Waals surface area (Å²) in [6.45, 7) is 2.07. The first-order valence-corrected chi connectivity index (χ1v) is 3.86. The third-order valence-electron chi connectivity index (χ3n) is 0.943. The van der Waals surface area contributed by atoms with Crippen LogP contribution >= 0.6 is 11.3 Å². The van der Waals surface area contributed by atoms with Crippen LogP contribution < -0.4 is 5.73 Å². The SMILES string of the molecule is CCOC(=O)c1[c]sc(N)n1. The van der Waals surface area contributed by atoms with Crippen LogP contribution in [0.5, 0.6) is 0 Å². The Bertz CT molecular complexity index is 259. The van der Waals surface area contributed by atoms with E-state index in [2.05, 4.69) is 15.1 Å². The van der Waals surface area contributed by atoms with Gasteiger partial charge in [0.25, 0.3) is 0 Å². The van der Waals surface area contributed by atoms with Gasteiger partial charge in [-0.05, 0) is 6.92 Å². The minimum Gasteiger partial charge on any atom is -0.461 e. The van der Waals surface area contributed by atoms with E-state index in [-0.39, 0.29) is 5.69 Å². The molecule has 0 saturated heterocycles. The van der Waals surface area contributed by atoms with Crippen LogP contribution in [0.15, 0.2) is 0 Å². The molecule has 0 aliphatic carbocycles. The zero-order valence-corrected chi connectivity index (χ0v) is 6.77. The average Bonchev–Trinajstić information content (AvgIpc) is 2.36. The van der Waals surface area contributed by atoms with Gasteiger partial charge in [-0.25, -0.2) is 9.78 Å². The monoisotopic (exact) mass is 171 g/mol. The Morgan fingerprint density at radius 3 is 3.09 bits per heavy atom. The first-order valence-electron chi connectivity index (χ1n) is 3.05. The molecule has 1 radical (unpaired) electrons. The average molecular weight is 171 g/mol. The van der Waals surface area contributed by atoms with E-state index < -0.39 is 5.97 Å². The molecule has 0 amide bonds. The van der Waals surface area contributed by atoms with Gasteiger partial charge >= 0.3 is 5.97 Å². The Morgan fingerprint density at radius 1 is 1.91 bits per heavy atom. The molecule has 1 heterocycles. The lowest BCUT2D eigenvalue weighted by molar-refractivity contribution is 0.0520. The predicted molar refractivity (Wildman–Crippen MR) is 41.3 cm³/mol. The molecule has 5 heteroatoms. The van der Waals surface area contributed by atoms with E-state index in [1.54, 1.807) is 6.92 Å². The fraction of sp³-hybridized carbons (Fsp3) is 0.333. The molecule has 0 saturated carbocycles. The highest BCUT2D eigenvalue weighted by Crippen LogP contribution is 2.10. The van der Waals surface area contributed by atoms with Gasteiger partial charge in [0.1, 0.15) is 0 Å². The van der Waals surface area contributed by atoms with Crippen molar-refractivity contribution in [2.45, 2.75) is 6.92 Å². The van der Waals surface area contributed by atoms with Crippen LogP contribution in [0.2, 0.25) is 0 Å². The third kappa shape index (κ3) is 1.91. The molecule has 4 nitrogen and oxygen atoms in total. The normalized spacial score (nSPS) is 9.55. The number of thiazole rings is 1. The molecular formula is C6H7N2O2S. The van der Waals surface area contributed by atoms with Crippen LogP contribution in [-0.4, -0.2) is 17.6 Å². The van der Waals surface area contributed by atoms with Gasteiger partial charge in [-0.2, -0.15) is 0 Å². The number of hydrogen-bond donors (Lipinski definition) is 1. The molecule has 1 aromatic heterocycles. The number of nitrogens with two attached hydrogens (primary N) is 1. The number of carbonyl (C=O) groups excluding carboxylic acids is 1. The van der Waals surface area contributed by atoms with Crippen molar-refractivity contribution < 1.29 is 9.53 Å². The Hall–Kier alpha value is -1.10. The number of rotatable bonds is 2. The summed E-state index contributed by atoms with van der Waals surface area (Å²) in [6, 6.07) is 0. The van der Waals surface area contributed by atoms with Gasteiger partial charge in [-0.15, -0.1) is 0 Å². The van der Waals surface area contributed by atoms with Crippen molar-refractivity contribution >= 4 is 22.4 Å². The smallest absolute Gasteiger partial charge is 0.358 e. The number of carbonyl (C=O) groups is 1. The Balaban J connectivity index is 2.69. The summed E-state index contributed by atoms with van der Waals surface area (Å²) in [7, 11) is 0. The van der Waals surface area contributed by atoms with E-state index in [4.69, 9.17) is 5.73 Å². The fourth-order valence-corrected chi connectivity index (χ4v) is 1.01. The van der Waals surface area contributed by atoms with Crippen LogP contribution in [-0.2, 0) is 4.74 Å². The number of anilines is 1. The molecule has 0 spiro atoms. The molecule has 1 aromatic rings. The molecule has 0 unspecified atom stereocenters. The molecular weight excluding hydrogens is 164 g/mol. The van der Waals surface area contributed by atoms with Crippen molar-refractivity contribution in [3.63, 3.8) is 0 Å². The first-order chi connectivity index (χ1) is 5.24. The van der Waals surface area contributed by atoms with Crippen molar-refractivity contribution in [2.24, 2.45) is 0 Å². The number of nitrogen functional groups attached to an aromatic ring is 1. The second-order valence-electron chi connectivity index (χ2n) is 1.72. The largest absolute Gasteiger partial charge is 0.461 e. The topological polar surface area (TPSA) is 65.2 Å². The molecule has 11 heavy (non-hydrogen) atoms. The van der Waals surface area contributed by atoms with Crippen molar-refractivity contribution in [3.05, 3.63) is 11.1 Å². The molecule has 0 aromatic carbocycles. The molecule has 0 atom stereocenters. The Labute approximate surface area is 68.0 Å². The molecule has 1 rings (SSSR count). The zero-order valence-electron chi connectivity index (χ0n) is 5.96. The lowest BCUT2D eigenvalue weighted by Crippen LogP contribution is -2.05. The second-order valence-corrected chi connectivity index (χ2v) is 2.55. The minimum atomic E-state index is -0.472. The van der Waals surface area contributed by atoms with E-state index in [0.717, 1.165) is 11.3 Å². The molecule has 0 aliphatic rings. The van der Waals surface area contributed by atoms with Gasteiger partial charge in [0.05, 0.1) is 12.0 Å². The standard InChI is InChI=1S/C6H7N2O2S/c1-2-10-5(9)4-3-11-6(7)8-4/h2H2,1H3,(H2,7,8). The zero-order chi connectivity index (χ0) is 8.27. The van der Waals surface area contributed by atoms with Crippen molar-refractivity contribution in [1.82, 2.24) is 4.98 Å². The second kappa shape index (κ2) is 3.34. The maximum absolute atomic E-state index is 10.9. The quantitative estimate of drug-likeness (QED) is 0.665. The molecule has 0 fully saturated rings. The number of aromatic nitrogens is 1. The van der Waals surface area contributed by atoms with Crippen LogP contribution in [0.4, 0.5) is 5.13 Å². The highest BCUT2D eigenvalue weighted by atomic mass is 32.1. The van der Waals surface area contributed by atoms with Crippen LogP contribution in [0.3, 0.4) is 0 Å². The molecule has 0 aliphatic heterocycles. The van der Waals surface area contributed by atoms with Gasteiger partial charge < -0.3 is 10.5 Å². The Morgan fingerprint density at radius 2 is 2.64 bits per heavy atom. The molecule has 0 bridgehead atoms. The molecule has 2 N–H and O–H groups in total. The lowest BCUT2D eigenvalue weighted by Gasteiger charge is -1.94. The Kier molecular flexibility index (Phi) is 2.43. The maximum atomic E-state index is 10.9. The van der Waals surface area contributed by atoms with Crippen LogP contribution in [0.25, 0.3) is 0 Å². The van der Waals surface area contributed by atoms with Crippen molar-refractivity contribution in [1.29, 1.82) is 0 Å². The van der Waals surface area contributed by atoms with Crippen molar-refractivity contribution in [2.75, 3.05) is 12.3 Å². The summed E-state index contributed by atoms with van der Waals surface area (Å²) in [5, 5.41) is 2.95. The van der Waals surface area contributed by atoms with Gasteiger partial charge in [0.2, 0.25) is 0 Å². The summed E-state index contributed by atoms with van der Waals surface area (Å²) in [6.07, 6.45) is 0. The lowest BCUT2D eigenvalue weighted by atomic mass is 10.5. The first kappa shape index (κ1) is 8.00. The third-order valence-corrected chi connectivity index (χ3v) is 1.54. The van der Waals surface area contributed by atoms with Gasteiger partial charge in [-0.3, -0.25) is 0 Å². The summed E-state index contributed by atoms with van der Waals surface area (Å²) in [4.78, 5) is 14.6. The van der Waals surface area contributed by atoms with Crippen LogP contribution in [0.1, 0.15) is 17.4 Å². The maximum Gasteiger partial charge on any atom is 0.358 e. The van der Waals surface area contributed by atoms with E-state index in [1.807, 2.05) is 0 Å². The highest BCUT2D eigenvalue weighted by Gasteiger charge is 2.09. The highest BCUT2D eigenvalue weighted by molar-refractivity contribution is 7.13. The number of hydrogen-bond acceptors (Lipinski definition) is 5. The van der Waals surface area contributed by atoms with E-state index >= 15 is 0 Å². The summed E-state index contributed by atoms with van der Waals surface area (Å²) in [5.74, 6) is -0.472. The van der Waals surface area contributed by atoms with Crippen molar-refractivity contribution in [3.8, 4) is 0 Å². The van der Waals surface area contributed by atoms with Crippen LogP contribution in [0, 0.1) is 5.38 Å². The van der Waals surface area contributed by atoms with Gasteiger partial charge in [0.15, 0.2) is 10.8 Å². The van der Waals surface area contributed by atoms with Gasteiger partial charge in [0, 0.05) is 0 Å². The fourth-order valence-electron chi connectivity index (χ4n) is 0.543. The van der Waals surface area contributed by atoms with E-state index in [1.165, 1.54) is 0 Å². The summed E-state index contributed by atoms with van der Waals surface area (Å²) >= 11 is 1.10.